The minimum absolute atomic E-state index is 0.0393. The lowest BCUT2D eigenvalue weighted by atomic mass is 10.00. The number of pyridine rings is 1. The number of nitrogens with two attached hydrogens (primary N) is 1. The normalized spacial score (nSPS) is 14.1. The number of hydrogen-bond acceptors (Lipinski definition) is 5. The van der Waals surface area contributed by atoms with Gasteiger partial charge in [-0.05, 0) is 41.8 Å². The highest BCUT2D eigenvalue weighted by atomic mass is 32.2. The Bertz CT molecular complexity index is 885. The Balaban J connectivity index is 1.69. The molecule has 1 aliphatic rings. The van der Waals surface area contributed by atoms with Crippen molar-refractivity contribution in [2.24, 2.45) is 5.73 Å². The van der Waals surface area contributed by atoms with E-state index in [9.17, 15) is 13.2 Å². The van der Waals surface area contributed by atoms with Crippen molar-refractivity contribution in [3.05, 3.63) is 59.4 Å². The summed E-state index contributed by atoms with van der Waals surface area (Å²) < 4.78 is 27.7. The summed E-state index contributed by atoms with van der Waals surface area (Å²) in [5.74, 6) is -0.127. The van der Waals surface area contributed by atoms with E-state index < -0.39 is 10.0 Å². The Morgan fingerprint density at radius 1 is 1.23 bits per heavy atom. The second-order valence-electron chi connectivity index (χ2n) is 6.17. The predicted molar refractivity (Wildman–Crippen MR) is 97.7 cm³/mol. The standard InChI is InChI=1S/C18H22N4O3S/c19-12-18(23)22-10-7-14-4-5-17(11-15(14)13-22)26(24,25)21-9-6-16-3-1-2-8-20-16/h1-5,8,11,21H,6-7,9-10,12-13,19H2. The molecule has 7 nitrogen and oxygen atoms in total. The molecule has 26 heavy (non-hydrogen) atoms. The Morgan fingerprint density at radius 3 is 2.81 bits per heavy atom. The molecule has 8 heteroatoms. The van der Waals surface area contributed by atoms with Crippen molar-refractivity contribution in [3.63, 3.8) is 0 Å². The third kappa shape index (κ3) is 4.27. The first-order chi connectivity index (χ1) is 12.5. The van der Waals surface area contributed by atoms with Gasteiger partial charge < -0.3 is 10.6 Å². The zero-order valence-electron chi connectivity index (χ0n) is 14.4. The van der Waals surface area contributed by atoms with E-state index >= 15 is 0 Å². The highest BCUT2D eigenvalue weighted by Crippen LogP contribution is 2.22. The van der Waals surface area contributed by atoms with Crippen LogP contribution >= 0.6 is 0 Å². The van der Waals surface area contributed by atoms with Crippen molar-refractivity contribution >= 4 is 15.9 Å². The molecule has 0 spiro atoms. The molecule has 2 aromatic rings. The number of aromatic nitrogens is 1. The number of amides is 1. The molecule has 1 aromatic heterocycles. The van der Waals surface area contributed by atoms with E-state index in [0.717, 1.165) is 16.8 Å². The first-order valence-corrected chi connectivity index (χ1v) is 9.97. The molecule has 3 rings (SSSR count). The van der Waals surface area contributed by atoms with Gasteiger partial charge in [0.1, 0.15) is 0 Å². The predicted octanol–water partition coefficient (Wildman–Crippen LogP) is 0.446. The van der Waals surface area contributed by atoms with E-state index in [-0.39, 0.29) is 23.9 Å². The molecule has 2 heterocycles. The van der Waals surface area contributed by atoms with Crippen molar-refractivity contribution in [1.82, 2.24) is 14.6 Å². The molecule has 0 bridgehead atoms. The fraction of sp³-hybridized carbons (Fsp3) is 0.333. The van der Waals surface area contributed by atoms with Gasteiger partial charge in [-0.2, -0.15) is 0 Å². The van der Waals surface area contributed by atoms with Crippen molar-refractivity contribution in [2.75, 3.05) is 19.6 Å². The second kappa shape index (κ2) is 7.94. The summed E-state index contributed by atoms with van der Waals surface area (Å²) in [5, 5.41) is 0. The van der Waals surface area contributed by atoms with Crippen LogP contribution in [0.4, 0.5) is 0 Å². The number of sulfonamides is 1. The third-order valence-corrected chi connectivity index (χ3v) is 5.89. The summed E-state index contributed by atoms with van der Waals surface area (Å²) in [5.41, 5.74) is 8.17. The molecular weight excluding hydrogens is 352 g/mol. The van der Waals surface area contributed by atoms with Crippen molar-refractivity contribution in [3.8, 4) is 0 Å². The van der Waals surface area contributed by atoms with Crippen LogP contribution in [0.1, 0.15) is 16.8 Å². The Morgan fingerprint density at radius 2 is 2.08 bits per heavy atom. The van der Waals surface area contributed by atoms with Crippen LogP contribution < -0.4 is 10.5 Å². The summed E-state index contributed by atoms with van der Waals surface area (Å²) in [6.07, 6.45) is 2.90. The third-order valence-electron chi connectivity index (χ3n) is 4.43. The molecule has 0 radical (unpaired) electrons. The zero-order valence-corrected chi connectivity index (χ0v) is 15.2. The molecule has 0 saturated carbocycles. The van der Waals surface area contributed by atoms with Crippen LogP contribution in [0.5, 0.6) is 0 Å². The fourth-order valence-electron chi connectivity index (χ4n) is 2.99. The van der Waals surface area contributed by atoms with Crippen LogP contribution in [0.15, 0.2) is 47.5 Å². The number of nitrogens with one attached hydrogen (secondary N) is 1. The van der Waals surface area contributed by atoms with E-state index in [4.69, 9.17) is 5.73 Å². The van der Waals surface area contributed by atoms with Crippen molar-refractivity contribution < 1.29 is 13.2 Å². The smallest absolute Gasteiger partial charge is 0.240 e. The van der Waals surface area contributed by atoms with Gasteiger partial charge in [0.05, 0.1) is 11.4 Å². The number of rotatable bonds is 6. The van der Waals surface area contributed by atoms with E-state index in [1.165, 1.54) is 0 Å². The summed E-state index contributed by atoms with van der Waals surface area (Å²) in [6, 6.07) is 10.6. The molecule has 1 amide bonds. The number of carbonyl (C=O) groups is 1. The molecular formula is C18H22N4O3S. The van der Waals surface area contributed by atoms with E-state index in [1.807, 2.05) is 24.3 Å². The van der Waals surface area contributed by atoms with Crippen LogP contribution in [0.3, 0.4) is 0 Å². The van der Waals surface area contributed by atoms with Gasteiger partial charge in [-0.25, -0.2) is 13.1 Å². The number of carbonyl (C=O) groups excluding carboxylic acids is 1. The van der Waals surface area contributed by atoms with Gasteiger partial charge in [-0.15, -0.1) is 0 Å². The minimum atomic E-state index is -3.61. The van der Waals surface area contributed by atoms with Crippen LogP contribution in [-0.4, -0.2) is 43.8 Å². The van der Waals surface area contributed by atoms with Crippen LogP contribution in [0, 0.1) is 0 Å². The lowest BCUT2D eigenvalue weighted by Gasteiger charge is -2.28. The number of benzene rings is 1. The largest absolute Gasteiger partial charge is 0.337 e. The Kier molecular flexibility index (Phi) is 5.65. The van der Waals surface area contributed by atoms with E-state index in [1.54, 1.807) is 23.2 Å². The summed E-state index contributed by atoms with van der Waals surface area (Å²) in [4.78, 5) is 17.8. The number of nitrogens with zero attached hydrogens (tertiary/aromatic N) is 2. The molecule has 1 aromatic carbocycles. The molecule has 138 valence electrons. The van der Waals surface area contributed by atoms with E-state index in [2.05, 4.69) is 9.71 Å². The lowest BCUT2D eigenvalue weighted by molar-refractivity contribution is -0.130. The summed E-state index contributed by atoms with van der Waals surface area (Å²) in [6.45, 7) is 1.23. The maximum absolute atomic E-state index is 12.5. The SMILES string of the molecule is NCC(=O)N1CCc2ccc(S(=O)(=O)NCCc3ccccn3)cc2C1. The van der Waals surface area contributed by atoms with Crippen LogP contribution in [0.25, 0.3) is 0 Å². The monoisotopic (exact) mass is 374 g/mol. The molecule has 1 aliphatic heterocycles. The van der Waals surface area contributed by atoms with Crippen LogP contribution in [0.2, 0.25) is 0 Å². The van der Waals surface area contributed by atoms with Gasteiger partial charge in [-0.3, -0.25) is 9.78 Å². The molecule has 0 aliphatic carbocycles. The lowest BCUT2D eigenvalue weighted by Crippen LogP contribution is -2.39. The number of fused-ring (bicyclic) bond motifs is 1. The topological polar surface area (TPSA) is 105 Å². The zero-order chi connectivity index (χ0) is 18.6. The maximum atomic E-state index is 12.5. The van der Waals surface area contributed by atoms with Crippen molar-refractivity contribution in [1.29, 1.82) is 0 Å². The first-order valence-electron chi connectivity index (χ1n) is 8.49. The average Bonchev–Trinajstić information content (AvgIpc) is 2.67. The molecule has 0 fully saturated rings. The van der Waals surface area contributed by atoms with Crippen LogP contribution in [-0.2, 0) is 34.2 Å². The first kappa shape index (κ1) is 18.5. The molecule has 0 unspecified atom stereocenters. The Hall–Kier alpha value is -2.29. The fourth-order valence-corrected chi connectivity index (χ4v) is 4.07. The van der Waals surface area contributed by atoms with Gasteiger partial charge in [0.25, 0.3) is 0 Å². The quantitative estimate of drug-likeness (QED) is 0.764. The highest BCUT2D eigenvalue weighted by molar-refractivity contribution is 7.89. The van der Waals surface area contributed by atoms with Gasteiger partial charge in [0.15, 0.2) is 0 Å². The summed E-state index contributed by atoms with van der Waals surface area (Å²) in [7, 11) is -3.61. The maximum Gasteiger partial charge on any atom is 0.240 e. The van der Waals surface area contributed by atoms with Gasteiger partial charge in [-0.1, -0.05) is 12.1 Å². The highest BCUT2D eigenvalue weighted by Gasteiger charge is 2.22. The second-order valence-corrected chi connectivity index (χ2v) is 7.94. The van der Waals surface area contributed by atoms with E-state index in [0.29, 0.717) is 25.9 Å². The van der Waals surface area contributed by atoms with Gasteiger partial charge in [0.2, 0.25) is 15.9 Å². The van der Waals surface area contributed by atoms with Gasteiger partial charge >= 0.3 is 0 Å². The molecule has 0 atom stereocenters. The molecule has 3 N–H and O–H groups in total. The Labute approximate surface area is 153 Å². The average molecular weight is 374 g/mol. The van der Waals surface area contributed by atoms with Crippen molar-refractivity contribution in [2.45, 2.75) is 24.3 Å². The molecule has 0 saturated heterocycles. The number of hydrogen-bond donors (Lipinski definition) is 2. The summed E-state index contributed by atoms with van der Waals surface area (Å²) >= 11 is 0. The van der Waals surface area contributed by atoms with Gasteiger partial charge in [0, 0.05) is 37.9 Å². The minimum Gasteiger partial charge on any atom is -0.337 e.